The maximum atomic E-state index is 13.6. The second-order valence-corrected chi connectivity index (χ2v) is 8.62. The quantitative estimate of drug-likeness (QED) is 0.454. The fraction of sp³-hybridized carbons (Fsp3) is 0.280. The smallest absolute Gasteiger partial charge is 0.259 e. The average molecular weight is 477 g/mol. The third-order valence-corrected chi connectivity index (χ3v) is 6.37. The molecule has 0 saturated carbocycles. The van der Waals surface area contributed by atoms with Crippen LogP contribution in [0, 0.1) is 11.7 Å². The van der Waals surface area contributed by atoms with E-state index in [1.54, 1.807) is 40.0 Å². The van der Waals surface area contributed by atoms with Crippen LogP contribution in [0.2, 0.25) is 0 Å². The predicted octanol–water partition coefficient (Wildman–Crippen LogP) is 3.11. The first kappa shape index (κ1) is 22.7. The molecule has 5 rings (SSSR count). The van der Waals surface area contributed by atoms with Gasteiger partial charge in [-0.2, -0.15) is 4.98 Å². The third-order valence-electron chi connectivity index (χ3n) is 6.37. The van der Waals surface area contributed by atoms with E-state index in [0.29, 0.717) is 29.9 Å². The van der Waals surface area contributed by atoms with E-state index in [1.807, 2.05) is 12.1 Å². The Hall–Kier alpha value is -4.05. The Morgan fingerprint density at radius 3 is 2.80 bits per heavy atom. The largest absolute Gasteiger partial charge is 0.480 e. The summed E-state index contributed by atoms with van der Waals surface area (Å²) in [5.74, 6) is -0.338. The molecule has 4 heterocycles. The Balaban J connectivity index is 1.41. The summed E-state index contributed by atoms with van der Waals surface area (Å²) in [5.41, 5.74) is 8.76. The molecule has 0 radical (unpaired) electrons. The number of rotatable bonds is 5. The highest BCUT2D eigenvalue weighted by molar-refractivity contribution is 5.97. The molecule has 2 atom stereocenters. The summed E-state index contributed by atoms with van der Waals surface area (Å²) in [6.07, 6.45) is 4.10. The number of piperidine rings is 1. The van der Waals surface area contributed by atoms with Crippen LogP contribution >= 0.6 is 0 Å². The molecule has 1 aliphatic rings. The van der Waals surface area contributed by atoms with E-state index in [-0.39, 0.29) is 29.5 Å². The number of aliphatic hydroxyl groups excluding tert-OH is 1. The lowest BCUT2D eigenvalue weighted by molar-refractivity contribution is 0.0398. The van der Waals surface area contributed by atoms with Crippen molar-refractivity contribution in [1.29, 1.82) is 0 Å². The minimum atomic E-state index is -0.792. The second-order valence-electron chi connectivity index (χ2n) is 8.62. The summed E-state index contributed by atoms with van der Waals surface area (Å²) < 4.78 is 20.2. The van der Waals surface area contributed by atoms with Gasteiger partial charge in [0.05, 0.1) is 13.2 Å². The molecule has 0 spiro atoms. The van der Waals surface area contributed by atoms with Gasteiger partial charge in [0, 0.05) is 37.0 Å². The van der Waals surface area contributed by atoms with Crippen LogP contribution in [0.5, 0.6) is 5.88 Å². The van der Waals surface area contributed by atoms with Crippen molar-refractivity contribution in [2.45, 2.75) is 18.9 Å². The number of aliphatic hydroxyl groups is 1. The van der Waals surface area contributed by atoms with Crippen LogP contribution in [0.1, 0.15) is 34.9 Å². The topological polar surface area (TPSA) is 119 Å². The minimum absolute atomic E-state index is 0.166. The number of nitrogens with two attached hydrogens (primary N) is 1. The van der Waals surface area contributed by atoms with Gasteiger partial charge in [-0.15, -0.1) is 5.10 Å². The van der Waals surface area contributed by atoms with Gasteiger partial charge in [0.2, 0.25) is 11.8 Å². The molecule has 3 N–H and O–H groups in total. The number of fused-ring (bicyclic) bond motifs is 1. The zero-order valence-corrected chi connectivity index (χ0v) is 19.1. The third kappa shape index (κ3) is 4.52. The first-order chi connectivity index (χ1) is 16.9. The zero-order valence-electron chi connectivity index (χ0n) is 19.1. The van der Waals surface area contributed by atoms with Gasteiger partial charge < -0.3 is 20.5 Å². The molecule has 4 aromatic rings. The highest BCUT2D eigenvalue weighted by Gasteiger charge is 2.31. The van der Waals surface area contributed by atoms with Crippen LogP contribution in [0.3, 0.4) is 0 Å². The Kier molecular flexibility index (Phi) is 6.04. The van der Waals surface area contributed by atoms with Crippen molar-refractivity contribution in [3.63, 3.8) is 0 Å². The normalized spacial score (nSPS) is 16.9. The van der Waals surface area contributed by atoms with Gasteiger partial charge in [0.15, 0.2) is 5.65 Å². The van der Waals surface area contributed by atoms with Crippen LogP contribution in [0.25, 0.3) is 16.8 Å². The minimum Gasteiger partial charge on any atom is -0.480 e. The van der Waals surface area contributed by atoms with Gasteiger partial charge in [-0.3, -0.25) is 4.79 Å². The van der Waals surface area contributed by atoms with Crippen LogP contribution in [-0.2, 0) is 0 Å². The van der Waals surface area contributed by atoms with E-state index in [4.69, 9.17) is 10.5 Å². The lowest BCUT2D eigenvalue weighted by Crippen LogP contribution is -2.41. The number of carbonyl (C=O) groups is 1. The van der Waals surface area contributed by atoms with Crippen LogP contribution < -0.4 is 10.5 Å². The Bertz CT molecular complexity index is 1370. The monoisotopic (exact) mass is 476 g/mol. The van der Waals surface area contributed by atoms with Crippen LogP contribution in [0.4, 0.5) is 10.3 Å². The molecule has 3 aromatic heterocycles. The molecule has 2 unspecified atom stereocenters. The number of nitrogens with zero attached hydrogens (tertiary/aromatic N) is 5. The molecule has 1 amide bonds. The number of pyridine rings is 2. The Morgan fingerprint density at radius 1 is 1.23 bits per heavy atom. The number of anilines is 1. The standard InChI is InChI=1S/C25H25FN6O3/c1-35-23-20(11-18(13-28-23)16-8-10-32-21(12-16)29-25(27)30-32)24(34)31-9-2-3-17(14-31)22(33)15-4-6-19(26)7-5-15/h4-8,10-13,17,22,33H,2-3,9,14H2,1H3,(H2,27,30). The van der Waals surface area contributed by atoms with E-state index >= 15 is 0 Å². The first-order valence-electron chi connectivity index (χ1n) is 11.3. The number of amides is 1. The molecular weight excluding hydrogens is 451 g/mol. The van der Waals surface area contributed by atoms with Crippen molar-refractivity contribution in [2.75, 3.05) is 25.9 Å². The van der Waals surface area contributed by atoms with Gasteiger partial charge in [-0.05, 0) is 54.3 Å². The number of hydrogen-bond acceptors (Lipinski definition) is 7. The van der Waals surface area contributed by atoms with Crippen molar-refractivity contribution in [3.8, 4) is 17.0 Å². The van der Waals surface area contributed by atoms with E-state index < -0.39 is 6.10 Å². The highest BCUT2D eigenvalue weighted by Crippen LogP contribution is 2.32. The number of hydrogen-bond donors (Lipinski definition) is 2. The van der Waals surface area contributed by atoms with Gasteiger partial charge in [-0.1, -0.05) is 12.1 Å². The Labute approximate surface area is 201 Å². The van der Waals surface area contributed by atoms with E-state index in [0.717, 1.165) is 24.0 Å². The number of carbonyl (C=O) groups excluding carboxylic acids is 1. The van der Waals surface area contributed by atoms with Crippen molar-refractivity contribution in [2.24, 2.45) is 5.92 Å². The van der Waals surface area contributed by atoms with E-state index in [2.05, 4.69) is 15.1 Å². The second kappa shape index (κ2) is 9.30. The summed E-state index contributed by atoms with van der Waals surface area (Å²) in [7, 11) is 1.47. The fourth-order valence-electron chi connectivity index (χ4n) is 4.56. The first-order valence-corrected chi connectivity index (χ1v) is 11.3. The van der Waals surface area contributed by atoms with Crippen LogP contribution in [0.15, 0.2) is 54.9 Å². The van der Waals surface area contributed by atoms with Crippen molar-refractivity contribution in [3.05, 3.63) is 71.8 Å². The number of benzene rings is 1. The molecule has 1 saturated heterocycles. The number of methoxy groups -OCH3 is 1. The SMILES string of the molecule is COc1ncc(-c2ccn3nc(N)nc3c2)cc1C(=O)N1CCCC(C(O)c2ccc(F)cc2)C1. The van der Waals surface area contributed by atoms with Gasteiger partial charge >= 0.3 is 0 Å². The Morgan fingerprint density at radius 2 is 2.03 bits per heavy atom. The summed E-state index contributed by atoms with van der Waals surface area (Å²) in [4.78, 5) is 23.8. The molecular formula is C25H25FN6O3. The average Bonchev–Trinajstić information content (AvgIpc) is 3.27. The molecule has 0 bridgehead atoms. The van der Waals surface area contributed by atoms with Crippen molar-refractivity contribution in [1.82, 2.24) is 24.5 Å². The summed E-state index contributed by atoms with van der Waals surface area (Å²) in [6.45, 7) is 0.930. The molecule has 0 aliphatic carbocycles. The number of aromatic nitrogens is 4. The molecule has 10 heteroatoms. The van der Waals surface area contributed by atoms with Crippen molar-refractivity contribution >= 4 is 17.5 Å². The number of ether oxygens (including phenoxy) is 1. The molecule has 9 nitrogen and oxygen atoms in total. The molecule has 1 aromatic carbocycles. The van der Waals surface area contributed by atoms with Gasteiger partial charge in [0.25, 0.3) is 5.91 Å². The lowest BCUT2D eigenvalue weighted by atomic mass is 9.88. The summed E-state index contributed by atoms with van der Waals surface area (Å²) in [6, 6.07) is 11.2. The molecule has 180 valence electrons. The molecule has 1 fully saturated rings. The number of halogens is 1. The maximum absolute atomic E-state index is 13.6. The van der Waals surface area contributed by atoms with Crippen LogP contribution in [-0.4, -0.2) is 55.7 Å². The van der Waals surface area contributed by atoms with Gasteiger partial charge in [0.1, 0.15) is 11.4 Å². The highest BCUT2D eigenvalue weighted by atomic mass is 19.1. The molecule has 1 aliphatic heterocycles. The van der Waals surface area contributed by atoms with Gasteiger partial charge in [-0.25, -0.2) is 13.9 Å². The van der Waals surface area contributed by atoms with E-state index in [9.17, 15) is 14.3 Å². The summed E-state index contributed by atoms with van der Waals surface area (Å²) in [5, 5.41) is 14.9. The fourth-order valence-corrected chi connectivity index (χ4v) is 4.56. The predicted molar refractivity (Wildman–Crippen MR) is 127 cm³/mol. The van der Waals surface area contributed by atoms with E-state index in [1.165, 1.54) is 19.2 Å². The zero-order chi connectivity index (χ0) is 24.5. The lowest BCUT2D eigenvalue weighted by Gasteiger charge is -2.35. The number of nitrogen functional groups attached to an aromatic ring is 1. The summed E-state index contributed by atoms with van der Waals surface area (Å²) >= 11 is 0. The number of likely N-dealkylation sites (tertiary alicyclic amines) is 1. The maximum Gasteiger partial charge on any atom is 0.259 e. The molecule has 35 heavy (non-hydrogen) atoms. The van der Waals surface area contributed by atoms with Crippen molar-refractivity contribution < 1.29 is 19.0 Å².